The summed E-state index contributed by atoms with van der Waals surface area (Å²) in [6, 6.07) is 15.2. The lowest BCUT2D eigenvalue weighted by Crippen LogP contribution is -2.27. The van der Waals surface area contributed by atoms with Crippen molar-refractivity contribution in [1.29, 1.82) is 0 Å². The molecule has 3 rings (SSSR count). The predicted molar refractivity (Wildman–Crippen MR) is 105 cm³/mol. The van der Waals surface area contributed by atoms with Crippen LogP contribution in [0.25, 0.3) is 5.69 Å². The molecule has 0 radical (unpaired) electrons. The van der Waals surface area contributed by atoms with E-state index < -0.39 is 0 Å². The van der Waals surface area contributed by atoms with E-state index in [1.807, 2.05) is 43.4 Å². The summed E-state index contributed by atoms with van der Waals surface area (Å²) in [6.07, 6.45) is 1.45. The molecule has 27 heavy (non-hydrogen) atoms. The molecular weight excluding hydrogens is 340 g/mol. The molecule has 0 atom stereocenters. The van der Waals surface area contributed by atoms with E-state index in [0.29, 0.717) is 11.5 Å². The Bertz CT molecular complexity index is 967. The number of hydrogen-bond acceptors (Lipinski definition) is 4. The standard InChI is InChI=1S/C21H24N4O2/c1-15(2)17-6-8-18(9-7-17)20(26)13-25-21(27)24(14-23-25)19-10-4-16(5-11-19)12-22-3/h4-11,14-15,22H,12-13H2,1-3H3. The zero-order valence-electron chi connectivity index (χ0n) is 15.8. The van der Waals surface area contributed by atoms with Gasteiger partial charge in [0.05, 0.1) is 5.69 Å². The number of carbonyl (C=O) groups is 1. The number of rotatable bonds is 7. The van der Waals surface area contributed by atoms with Crippen LogP contribution in [0.2, 0.25) is 0 Å². The summed E-state index contributed by atoms with van der Waals surface area (Å²) in [6.45, 7) is 4.89. The molecule has 1 N–H and O–H groups in total. The van der Waals surface area contributed by atoms with Crippen LogP contribution in [-0.2, 0) is 13.1 Å². The van der Waals surface area contributed by atoms with Gasteiger partial charge in [-0.3, -0.25) is 4.79 Å². The van der Waals surface area contributed by atoms with Crippen molar-refractivity contribution in [3.05, 3.63) is 82.0 Å². The van der Waals surface area contributed by atoms with E-state index in [1.54, 1.807) is 12.1 Å². The summed E-state index contributed by atoms with van der Waals surface area (Å²) in [5.41, 5.74) is 3.28. The number of ketones is 1. The SMILES string of the molecule is CNCc1ccc(-n2cnn(CC(=O)c3ccc(C(C)C)cc3)c2=O)cc1. The van der Waals surface area contributed by atoms with E-state index in [2.05, 4.69) is 24.3 Å². The maximum atomic E-state index is 12.6. The third-order valence-corrected chi connectivity index (χ3v) is 4.52. The molecule has 0 bridgehead atoms. The van der Waals surface area contributed by atoms with Crippen molar-refractivity contribution < 1.29 is 4.79 Å². The molecule has 1 aromatic heterocycles. The maximum Gasteiger partial charge on any atom is 0.350 e. The number of nitrogens with one attached hydrogen (secondary N) is 1. The van der Waals surface area contributed by atoms with Crippen molar-refractivity contribution in [2.45, 2.75) is 32.9 Å². The smallest absolute Gasteiger partial charge is 0.316 e. The van der Waals surface area contributed by atoms with Gasteiger partial charge in [-0.25, -0.2) is 14.0 Å². The van der Waals surface area contributed by atoms with Crippen LogP contribution in [-0.4, -0.2) is 27.2 Å². The summed E-state index contributed by atoms with van der Waals surface area (Å²) < 4.78 is 2.64. The molecule has 1 heterocycles. The largest absolute Gasteiger partial charge is 0.350 e. The molecule has 2 aromatic carbocycles. The summed E-state index contributed by atoms with van der Waals surface area (Å²) in [4.78, 5) is 25.1. The van der Waals surface area contributed by atoms with Crippen molar-refractivity contribution in [3.63, 3.8) is 0 Å². The van der Waals surface area contributed by atoms with Crippen LogP contribution in [0.15, 0.2) is 59.7 Å². The molecule has 0 amide bonds. The molecule has 0 fully saturated rings. The number of carbonyl (C=O) groups excluding carboxylic acids is 1. The van der Waals surface area contributed by atoms with Crippen LogP contribution in [0.1, 0.15) is 41.3 Å². The maximum absolute atomic E-state index is 12.6. The minimum Gasteiger partial charge on any atom is -0.316 e. The van der Waals surface area contributed by atoms with Gasteiger partial charge in [-0.2, -0.15) is 5.10 Å². The quantitative estimate of drug-likeness (QED) is 0.655. The third kappa shape index (κ3) is 4.23. The average Bonchev–Trinajstić information content (AvgIpc) is 3.03. The summed E-state index contributed by atoms with van der Waals surface area (Å²) in [5.74, 6) is 0.272. The number of benzene rings is 2. The molecule has 140 valence electrons. The Morgan fingerprint density at radius 1 is 1.07 bits per heavy atom. The molecule has 0 unspecified atom stereocenters. The first-order chi connectivity index (χ1) is 13.0. The van der Waals surface area contributed by atoms with Crippen molar-refractivity contribution in [3.8, 4) is 5.69 Å². The van der Waals surface area contributed by atoms with E-state index in [9.17, 15) is 9.59 Å². The molecule has 0 aliphatic heterocycles. The topological polar surface area (TPSA) is 68.9 Å². The predicted octanol–water partition coefficient (Wildman–Crippen LogP) is 2.76. The van der Waals surface area contributed by atoms with Crippen molar-refractivity contribution in [2.75, 3.05) is 7.05 Å². The van der Waals surface area contributed by atoms with E-state index in [0.717, 1.165) is 17.8 Å². The van der Waals surface area contributed by atoms with Gasteiger partial charge in [0.15, 0.2) is 5.78 Å². The van der Waals surface area contributed by atoms with E-state index >= 15 is 0 Å². The normalized spacial score (nSPS) is 11.1. The number of hydrogen-bond donors (Lipinski definition) is 1. The highest BCUT2D eigenvalue weighted by molar-refractivity contribution is 5.95. The summed E-state index contributed by atoms with van der Waals surface area (Å²) in [5, 5.41) is 7.18. The lowest BCUT2D eigenvalue weighted by atomic mass is 10.0. The van der Waals surface area contributed by atoms with Gasteiger partial charge in [-0.1, -0.05) is 50.2 Å². The number of aromatic nitrogens is 3. The second kappa shape index (κ2) is 8.14. The molecule has 0 spiro atoms. The Morgan fingerprint density at radius 3 is 2.33 bits per heavy atom. The van der Waals surface area contributed by atoms with E-state index in [-0.39, 0.29) is 18.0 Å². The Morgan fingerprint density at radius 2 is 1.74 bits per heavy atom. The lowest BCUT2D eigenvalue weighted by Gasteiger charge is -2.06. The van der Waals surface area contributed by atoms with Gasteiger partial charge in [-0.15, -0.1) is 0 Å². The van der Waals surface area contributed by atoms with Gasteiger partial charge < -0.3 is 5.32 Å². The Balaban J connectivity index is 1.76. The van der Waals surface area contributed by atoms with Crippen LogP contribution in [0.3, 0.4) is 0 Å². The molecule has 0 saturated carbocycles. The molecule has 0 saturated heterocycles. The Kier molecular flexibility index (Phi) is 5.66. The van der Waals surface area contributed by atoms with Gasteiger partial charge in [-0.05, 0) is 36.2 Å². The third-order valence-electron chi connectivity index (χ3n) is 4.52. The number of nitrogens with zero attached hydrogens (tertiary/aromatic N) is 3. The van der Waals surface area contributed by atoms with Crippen LogP contribution in [0, 0.1) is 0 Å². The second-order valence-corrected chi connectivity index (χ2v) is 6.84. The average molecular weight is 364 g/mol. The summed E-state index contributed by atoms with van der Waals surface area (Å²) in [7, 11) is 1.88. The van der Waals surface area contributed by atoms with Crippen molar-refractivity contribution >= 4 is 5.78 Å². The first-order valence-corrected chi connectivity index (χ1v) is 9.01. The van der Waals surface area contributed by atoms with Crippen LogP contribution < -0.4 is 11.0 Å². The Hall–Kier alpha value is -2.99. The van der Waals surface area contributed by atoms with E-state index in [4.69, 9.17) is 0 Å². The fourth-order valence-corrected chi connectivity index (χ4v) is 2.88. The summed E-state index contributed by atoms with van der Waals surface area (Å²) >= 11 is 0. The Labute approximate surface area is 158 Å². The highest BCUT2D eigenvalue weighted by Crippen LogP contribution is 2.15. The first-order valence-electron chi connectivity index (χ1n) is 9.01. The van der Waals surface area contributed by atoms with E-state index in [1.165, 1.54) is 21.1 Å². The zero-order valence-corrected chi connectivity index (χ0v) is 15.8. The van der Waals surface area contributed by atoms with Gasteiger partial charge in [0, 0.05) is 12.1 Å². The van der Waals surface area contributed by atoms with Gasteiger partial charge in [0.2, 0.25) is 0 Å². The fraction of sp³-hybridized carbons (Fsp3) is 0.286. The highest BCUT2D eigenvalue weighted by atomic mass is 16.2. The molecule has 0 aliphatic rings. The van der Waals surface area contributed by atoms with Crippen LogP contribution >= 0.6 is 0 Å². The molecular formula is C21H24N4O2. The van der Waals surface area contributed by atoms with Gasteiger partial charge in [0.25, 0.3) is 0 Å². The van der Waals surface area contributed by atoms with Gasteiger partial charge >= 0.3 is 5.69 Å². The van der Waals surface area contributed by atoms with Crippen LogP contribution in [0.5, 0.6) is 0 Å². The molecule has 6 nitrogen and oxygen atoms in total. The second-order valence-electron chi connectivity index (χ2n) is 6.84. The minimum absolute atomic E-state index is 0.0787. The molecule has 6 heteroatoms. The highest BCUT2D eigenvalue weighted by Gasteiger charge is 2.13. The monoisotopic (exact) mass is 364 g/mol. The van der Waals surface area contributed by atoms with Crippen molar-refractivity contribution in [2.24, 2.45) is 0 Å². The minimum atomic E-state index is -0.330. The van der Waals surface area contributed by atoms with Gasteiger partial charge in [0.1, 0.15) is 12.9 Å². The fourth-order valence-electron chi connectivity index (χ4n) is 2.88. The van der Waals surface area contributed by atoms with Crippen LogP contribution in [0.4, 0.5) is 0 Å². The molecule has 0 aliphatic carbocycles. The molecule has 3 aromatic rings. The lowest BCUT2D eigenvalue weighted by molar-refractivity contribution is 0.0966. The first kappa shape index (κ1) is 18.8. The number of Topliss-reactive ketones (excluding diaryl/α,β-unsaturated/α-hetero) is 1. The zero-order chi connectivity index (χ0) is 19.4. The van der Waals surface area contributed by atoms with Crippen molar-refractivity contribution in [1.82, 2.24) is 19.7 Å².